The molecule has 4 heteroatoms. The predicted molar refractivity (Wildman–Crippen MR) is 63.0 cm³/mol. The monoisotopic (exact) mass is 229 g/mol. The lowest BCUT2D eigenvalue weighted by Gasteiger charge is -2.20. The molecule has 0 aromatic rings. The number of carbonyl (C=O) groups excluding carboxylic acids is 1. The molecule has 0 heterocycles. The highest BCUT2D eigenvalue weighted by atomic mass is 16.4. The molecule has 0 rings (SSSR count). The van der Waals surface area contributed by atoms with E-state index >= 15 is 0 Å². The largest absolute Gasteiger partial charge is 0.480 e. The minimum atomic E-state index is -0.972. The third-order valence-corrected chi connectivity index (χ3v) is 2.89. The summed E-state index contributed by atoms with van der Waals surface area (Å²) in [5.74, 6) is -0.562. The van der Waals surface area contributed by atoms with Crippen molar-refractivity contribution in [1.82, 2.24) is 5.32 Å². The van der Waals surface area contributed by atoms with Crippen LogP contribution in [0.3, 0.4) is 0 Å². The Balaban J connectivity index is 4.26. The van der Waals surface area contributed by atoms with Gasteiger partial charge in [0.15, 0.2) is 0 Å². The Bertz CT molecular complexity index is 249. The smallest absolute Gasteiger partial charge is 0.326 e. The summed E-state index contributed by atoms with van der Waals surface area (Å²) < 4.78 is 0. The lowest BCUT2D eigenvalue weighted by Crippen LogP contribution is -2.44. The van der Waals surface area contributed by atoms with Crippen LogP contribution in [-0.4, -0.2) is 23.0 Å². The minimum Gasteiger partial charge on any atom is -0.480 e. The second-order valence-electron chi connectivity index (χ2n) is 5.05. The van der Waals surface area contributed by atoms with Gasteiger partial charge in [-0.05, 0) is 17.8 Å². The molecule has 0 fully saturated rings. The maximum atomic E-state index is 11.6. The van der Waals surface area contributed by atoms with Gasteiger partial charge in [0.05, 0.1) is 0 Å². The van der Waals surface area contributed by atoms with E-state index in [0.717, 1.165) is 0 Å². The Morgan fingerprint density at radius 2 is 1.56 bits per heavy atom. The van der Waals surface area contributed by atoms with Crippen molar-refractivity contribution in [2.45, 2.75) is 47.1 Å². The maximum absolute atomic E-state index is 11.6. The van der Waals surface area contributed by atoms with Gasteiger partial charge in [-0.2, -0.15) is 0 Å². The van der Waals surface area contributed by atoms with Gasteiger partial charge in [0, 0.05) is 6.42 Å². The van der Waals surface area contributed by atoms with Crippen molar-refractivity contribution in [2.75, 3.05) is 0 Å². The van der Waals surface area contributed by atoms with E-state index < -0.39 is 12.0 Å². The summed E-state index contributed by atoms with van der Waals surface area (Å²) in [4.78, 5) is 22.5. The molecule has 16 heavy (non-hydrogen) atoms. The number of carboxylic acids is 1. The highest BCUT2D eigenvalue weighted by molar-refractivity contribution is 5.83. The molecular formula is C12H23NO3. The van der Waals surface area contributed by atoms with Gasteiger partial charge in [-0.3, -0.25) is 4.79 Å². The second kappa shape index (κ2) is 6.51. The maximum Gasteiger partial charge on any atom is 0.326 e. The molecule has 1 amide bonds. The Morgan fingerprint density at radius 3 is 1.88 bits per heavy atom. The molecule has 4 nitrogen and oxygen atoms in total. The number of aliphatic carboxylic acids is 1. The van der Waals surface area contributed by atoms with E-state index in [1.807, 2.05) is 6.92 Å². The third kappa shape index (κ3) is 5.14. The van der Waals surface area contributed by atoms with Crippen molar-refractivity contribution >= 4 is 11.9 Å². The predicted octanol–water partition coefficient (Wildman–Crippen LogP) is 1.89. The zero-order chi connectivity index (χ0) is 12.9. The SMILES string of the molecule is CC(C)C(C)CC(=O)N[C@@H](C(=O)O)C(C)C. The number of carboxylic acid groups (broad SMARTS) is 1. The molecule has 2 N–H and O–H groups in total. The first-order valence-electron chi connectivity index (χ1n) is 5.77. The summed E-state index contributed by atoms with van der Waals surface area (Å²) in [5, 5.41) is 11.5. The first kappa shape index (κ1) is 14.9. The molecule has 0 radical (unpaired) electrons. The van der Waals surface area contributed by atoms with Crippen LogP contribution in [0.4, 0.5) is 0 Å². The van der Waals surface area contributed by atoms with Crippen molar-refractivity contribution in [1.29, 1.82) is 0 Å². The van der Waals surface area contributed by atoms with Crippen molar-refractivity contribution in [2.24, 2.45) is 17.8 Å². The fourth-order valence-corrected chi connectivity index (χ4v) is 1.27. The van der Waals surface area contributed by atoms with Crippen LogP contribution in [0.1, 0.15) is 41.0 Å². The van der Waals surface area contributed by atoms with Crippen LogP contribution in [0.5, 0.6) is 0 Å². The van der Waals surface area contributed by atoms with E-state index in [4.69, 9.17) is 5.11 Å². The number of hydrogen-bond donors (Lipinski definition) is 2. The van der Waals surface area contributed by atoms with Crippen LogP contribution in [0.15, 0.2) is 0 Å². The lowest BCUT2D eigenvalue weighted by atomic mass is 9.94. The molecule has 0 saturated carbocycles. The highest BCUT2D eigenvalue weighted by Gasteiger charge is 2.24. The Kier molecular flexibility index (Phi) is 6.08. The number of carbonyl (C=O) groups is 2. The molecule has 0 aliphatic carbocycles. The van der Waals surface area contributed by atoms with Crippen LogP contribution in [0.25, 0.3) is 0 Å². The summed E-state index contributed by atoms with van der Waals surface area (Å²) >= 11 is 0. The summed E-state index contributed by atoms with van der Waals surface area (Å²) in [6, 6.07) is -0.785. The number of amides is 1. The van der Waals surface area contributed by atoms with E-state index in [2.05, 4.69) is 19.2 Å². The number of hydrogen-bond acceptors (Lipinski definition) is 2. The second-order valence-corrected chi connectivity index (χ2v) is 5.05. The lowest BCUT2D eigenvalue weighted by molar-refractivity contribution is -0.143. The van der Waals surface area contributed by atoms with Gasteiger partial charge in [0.1, 0.15) is 6.04 Å². The molecule has 0 spiro atoms. The average molecular weight is 229 g/mol. The Hall–Kier alpha value is -1.06. The van der Waals surface area contributed by atoms with E-state index in [0.29, 0.717) is 12.3 Å². The minimum absolute atomic E-state index is 0.101. The fraction of sp³-hybridized carbons (Fsp3) is 0.833. The molecule has 0 aromatic heterocycles. The summed E-state index contributed by atoms with van der Waals surface area (Å²) in [6.45, 7) is 9.66. The topological polar surface area (TPSA) is 66.4 Å². The molecule has 0 aliphatic rings. The molecule has 2 atom stereocenters. The molecule has 0 aliphatic heterocycles. The first-order valence-corrected chi connectivity index (χ1v) is 5.77. The first-order chi connectivity index (χ1) is 7.25. The van der Waals surface area contributed by atoms with Gasteiger partial charge >= 0.3 is 5.97 Å². The van der Waals surface area contributed by atoms with Crippen molar-refractivity contribution in [3.8, 4) is 0 Å². The summed E-state index contributed by atoms with van der Waals surface area (Å²) in [5.41, 5.74) is 0. The normalized spacial score (nSPS) is 14.9. The van der Waals surface area contributed by atoms with Crippen LogP contribution >= 0.6 is 0 Å². The van der Waals surface area contributed by atoms with Crippen molar-refractivity contribution < 1.29 is 14.7 Å². The van der Waals surface area contributed by atoms with E-state index in [1.165, 1.54) is 0 Å². The van der Waals surface area contributed by atoms with Gasteiger partial charge in [0.25, 0.3) is 0 Å². The molecule has 0 aromatic carbocycles. The van der Waals surface area contributed by atoms with E-state index in [9.17, 15) is 9.59 Å². The van der Waals surface area contributed by atoms with Gasteiger partial charge in [-0.25, -0.2) is 4.79 Å². The van der Waals surface area contributed by atoms with Gasteiger partial charge < -0.3 is 10.4 Å². The standard InChI is InChI=1S/C12H23NO3/c1-7(2)9(5)6-10(14)13-11(8(3)4)12(15)16/h7-9,11H,6H2,1-5H3,(H,13,14)(H,15,16)/t9?,11-/m1/s1. The van der Waals surface area contributed by atoms with Gasteiger partial charge in [-0.15, -0.1) is 0 Å². The van der Waals surface area contributed by atoms with E-state index in [1.54, 1.807) is 13.8 Å². The zero-order valence-electron chi connectivity index (χ0n) is 10.8. The van der Waals surface area contributed by atoms with Crippen LogP contribution in [-0.2, 0) is 9.59 Å². The average Bonchev–Trinajstić information content (AvgIpc) is 2.12. The molecule has 0 bridgehead atoms. The molecule has 94 valence electrons. The van der Waals surface area contributed by atoms with Crippen molar-refractivity contribution in [3.63, 3.8) is 0 Å². The van der Waals surface area contributed by atoms with Gasteiger partial charge in [0.2, 0.25) is 5.91 Å². The number of nitrogens with one attached hydrogen (secondary N) is 1. The zero-order valence-corrected chi connectivity index (χ0v) is 10.8. The van der Waals surface area contributed by atoms with Crippen LogP contribution < -0.4 is 5.32 Å². The van der Waals surface area contributed by atoms with E-state index in [-0.39, 0.29) is 17.7 Å². The quantitative estimate of drug-likeness (QED) is 0.731. The Morgan fingerprint density at radius 1 is 1.06 bits per heavy atom. The third-order valence-electron chi connectivity index (χ3n) is 2.89. The van der Waals surface area contributed by atoms with Gasteiger partial charge in [-0.1, -0.05) is 34.6 Å². The molecular weight excluding hydrogens is 206 g/mol. The Labute approximate surface area is 97.4 Å². The summed E-state index contributed by atoms with van der Waals surface area (Å²) in [6.07, 6.45) is 0.383. The van der Waals surface area contributed by atoms with Crippen molar-refractivity contribution in [3.05, 3.63) is 0 Å². The van der Waals surface area contributed by atoms with Crippen LogP contribution in [0.2, 0.25) is 0 Å². The summed E-state index contributed by atoms with van der Waals surface area (Å²) in [7, 11) is 0. The fourth-order valence-electron chi connectivity index (χ4n) is 1.27. The number of rotatable bonds is 6. The molecule has 0 saturated heterocycles. The van der Waals surface area contributed by atoms with Crippen LogP contribution in [0, 0.1) is 17.8 Å². The molecule has 1 unspecified atom stereocenters. The highest BCUT2D eigenvalue weighted by Crippen LogP contribution is 2.14.